The molecule has 11 nitrogen and oxygen atoms in total. The number of carbonyl (C=O) groups is 1. The molecule has 2 aliphatic rings. The van der Waals surface area contributed by atoms with E-state index in [0.29, 0.717) is 22.9 Å². The minimum absolute atomic E-state index is 0.00276. The van der Waals surface area contributed by atoms with E-state index in [0.717, 1.165) is 17.4 Å². The van der Waals surface area contributed by atoms with E-state index in [1.165, 1.54) is 13.0 Å². The first kappa shape index (κ1) is 44.4. The Morgan fingerprint density at radius 3 is 1.95 bits per heavy atom. The van der Waals surface area contributed by atoms with E-state index in [2.05, 4.69) is 9.97 Å². The summed E-state index contributed by atoms with van der Waals surface area (Å²) in [6, 6.07) is 15.3. The summed E-state index contributed by atoms with van der Waals surface area (Å²) in [6.45, 7) is 11.5. The molecule has 3 atom stereocenters. The first-order chi connectivity index (χ1) is 28.1. The number of rotatable bonds is 10. The standard InChI is InChI=1S/C44H53F4N5O6S/c1-26-20-34-35(49-41(60(9,55)56)50-40(34)53-19-18-51(23-28(53)3)42(54)59-43(4,5)6)22-33(26)37-38(44(46,47)48)27(2)21-36(39(37)45)52(24-29-10-14-31(57-7)15-11-29)25-30-12-16-32(58-8)17-13-30/h10-17,21,26,28,33H,18-20,22-25H2,1-9H3/t26-,28+,33-/m1/s1. The van der Waals surface area contributed by atoms with Crippen LogP contribution in [0.25, 0.3) is 0 Å². The quantitative estimate of drug-likeness (QED) is 0.114. The minimum Gasteiger partial charge on any atom is -0.497 e. The summed E-state index contributed by atoms with van der Waals surface area (Å²) < 4.78 is 106. The SMILES string of the molecule is COc1ccc(CN(Cc2ccc(OC)cc2)c2cc(C)c(C(F)(F)F)c([C@@H]3Cc4nc(S(C)(=O)=O)nc(N5CCN(C(=O)OC(C)(C)C)C[C@@H]5C)c4C[C@H]3C)c2F)cc1. The van der Waals surface area contributed by atoms with E-state index in [-0.39, 0.29) is 68.6 Å². The van der Waals surface area contributed by atoms with E-state index >= 15 is 17.6 Å². The Bertz CT molecular complexity index is 2270. The molecular weight excluding hydrogens is 803 g/mol. The molecule has 1 aromatic heterocycles. The van der Waals surface area contributed by atoms with Crippen molar-refractivity contribution in [3.63, 3.8) is 0 Å². The summed E-state index contributed by atoms with van der Waals surface area (Å²) >= 11 is 0. The van der Waals surface area contributed by atoms with Crippen molar-refractivity contribution in [3.8, 4) is 11.5 Å². The van der Waals surface area contributed by atoms with Crippen LogP contribution >= 0.6 is 0 Å². The predicted octanol–water partition coefficient (Wildman–Crippen LogP) is 8.53. The molecule has 1 aliphatic carbocycles. The molecule has 324 valence electrons. The third-order valence-corrected chi connectivity index (χ3v) is 11.9. The number of alkyl halides is 3. The van der Waals surface area contributed by atoms with Gasteiger partial charge < -0.3 is 28.9 Å². The number of hydrogen-bond donors (Lipinski definition) is 0. The molecule has 0 spiro atoms. The summed E-state index contributed by atoms with van der Waals surface area (Å²) in [6.07, 6.45) is -4.42. The number of sulfone groups is 1. The number of carbonyl (C=O) groups excluding carboxylic acids is 1. The van der Waals surface area contributed by atoms with Gasteiger partial charge in [-0.3, -0.25) is 0 Å². The Hall–Kier alpha value is -5.12. The molecule has 60 heavy (non-hydrogen) atoms. The molecular formula is C44H53F4N5O6S. The number of benzene rings is 3. The lowest BCUT2D eigenvalue weighted by Gasteiger charge is -2.42. The van der Waals surface area contributed by atoms with Crippen LogP contribution in [0.5, 0.6) is 11.5 Å². The maximum Gasteiger partial charge on any atom is 0.417 e. The van der Waals surface area contributed by atoms with Crippen LogP contribution in [0.3, 0.4) is 0 Å². The Balaban J connectivity index is 1.44. The largest absolute Gasteiger partial charge is 0.497 e. The summed E-state index contributed by atoms with van der Waals surface area (Å²) in [5.74, 6) is -1.01. The van der Waals surface area contributed by atoms with Gasteiger partial charge in [-0.15, -0.1) is 0 Å². The van der Waals surface area contributed by atoms with Gasteiger partial charge in [-0.1, -0.05) is 31.2 Å². The molecule has 4 aromatic rings. The highest BCUT2D eigenvalue weighted by atomic mass is 32.2. The van der Waals surface area contributed by atoms with Gasteiger partial charge >= 0.3 is 12.3 Å². The summed E-state index contributed by atoms with van der Waals surface area (Å²) in [7, 11) is -0.911. The number of aromatic nitrogens is 2. The Morgan fingerprint density at radius 1 is 0.900 bits per heavy atom. The Kier molecular flexibility index (Phi) is 12.7. The van der Waals surface area contributed by atoms with E-state index in [1.807, 2.05) is 36.1 Å². The van der Waals surface area contributed by atoms with Crippen LogP contribution in [-0.4, -0.2) is 81.1 Å². The van der Waals surface area contributed by atoms with Crippen LogP contribution in [0.2, 0.25) is 0 Å². The number of ether oxygens (including phenoxy) is 3. The topological polar surface area (TPSA) is 114 Å². The van der Waals surface area contributed by atoms with E-state index in [1.54, 1.807) is 76.0 Å². The zero-order valence-corrected chi connectivity index (χ0v) is 36.3. The lowest BCUT2D eigenvalue weighted by atomic mass is 9.73. The van der Waals surface area contributed by atoms with Crippen LogP contribution in [0.1, 0.15) is 79.6 Å². The molecule has 1 saturated heterocycles. The molecule has 6 rings (SSSR count). The first-order valence-electron chi connectivity index (χ1n) is 19.8. The van der Waals surface area contributed by atoms with Gasteiger partial charge in [0, 0.05) is 56.1 Å². The van der Waals surface area contributed by atoms with Crippen LogP contribution < -0.4 is 19.3 Å². The van der Waals surface area contributed by atoms with Crippen molar-refractivity contribution in [3.05, 3.63) is 99.5 Å². The van der Waals surface area contributed by atoms with Crippen molar-refractivity contribution in [2.24, 2.45) is 5.92 Å². The van der Waals surface area contributed by atoms with Crippen molar-refractivity contribution < 1.29 is 45.0 Å². The van der Waals surface area contributed by atoms with Crippen LogP contribution in [0.4, 0.5) is 33.9 Å². The molecule has 0 saturated carbocycles. The second-order valence-corrected chi connectivity index (χ2v) is 18.8. The number of fused-ring (bicyclic) bond motifs is 1. The normalized spacial score (nSPS) is 18.5. The van der Waals surface area contributed by atoms with Crippen molar-refractivity contribution in [1.82, 2.24) is 14.9 Å². The molecule has 0 radical (unpaired) electrons. The lowest BCUT2D eigenvalue weighted by molar-refractivity contribution is -0.139. The van der Waals surface area contributed by atoms with E-state index < -0.39 is 61.6 Å². The van der Waals surface area contributed by atoms with Crippen LogP contribution in [0, 0.1) is 18.7 Å². The molecule has 1 amide bonds. The Morgan fingerprint density at radius 2 is 1.47 bits per heavy atom. The molecule has 16 heteroatoms. The van der Waals surface area contributed by atoms with Crippen molar-refractivity contribution in [2.75, 3.05) is 49.9 Å². The Labute approximate surface area is 349 Å². The fourth-order valence-corrected chi connectivity index (χ4v) is 8.71. The maximum absolute atomic E-state index is 17.6. The summed E-state index contributed by atoms with van der Waals surface area (Å²) in [4.78, 5) is 27.1. The summed E-state index contributed by atoms with van der Waals surface area (Å²) in [5.41, 5.74) is 0.0151. The number of halogens is 4. The summed E-state index contributed by atoms with van der Waals surface area (Å²) in [5, 5.41) is -0.474. The number of methoxy groups -OCH3 is 2. The highest BCUT2D eigenvalue weighted by Crippen LogP contribution is 2.48. The van der Waals surface area contributed by atoms with Gasteiger partial charge in [-0.05, 0) is 106 Å². The molecule has 1 aliphatic heterocycles. The zero-order valence-electron chi connectivity index (χ0n) is 35.5. The number of amides is 1. The second kappa shape index (κ2) is 17.1. The monoisotopic (exact) mass is 855 g/mol. The molecule has 2 heterocycles. The third kappa shape index (κ3) is 9.74. The van der Waals surface area contributed by atoms with Gasteiger partial charge in [0.1, 0.15) is 22.9 Å². The van der Waals surface area contributed by atoms with E-state index in [9.17, 15) is 13.2 Å². The number of piperazine rings is 1. The van der Waals surface area contributed by atoms with Crippen molar-refractivity contribution >= 4 is 27.4 Å². The number of hydrogen-bond acceptors (Lipinski definition) is 10. The van der Waals surface area contributed by atoms with Crippen molar-refractivity contribution in [2.45, 2.75) is 96.4 Å². The number of anilines is 2. The number of aryl methyl sites for hydroxylation is 1. The highest BCUT2D eigenvalue weighted by molar-refractivity contribution is 7.90. The van der Waals surface area contributed by atoms with Gasteiger partial charge in [-0.2, -0.15) is 13.2 Å². The average molecular weight is 856 g/mol. The highest BCUT2D eigenvalue weighted by Gasteiger charge is 2.44. The lowest BCUT2D eigenvalue weighted by Crippen LogP contribution is -2.55. The minimum atomic E-state index is -4.91. The van der Waals surface area contributed by atoms with Gasteiger partial charge in [0.15, 0.2) is 5.82 Å². The first-order valence-corrected chi connectivity index (χ1v) is 21.7. The average Bonchev–Trinajstić information content (AvgIpc) is 3.17. The fraction of sp³-hybridized carbons (Fsp3) is 0.477. The molecule has 0 bridgehead atoms. The second-order valence-electron chi connectivity index (χ2n) is 16.9. The fourth-order valence-electron chi connectivity index (χ4n) is 8.19. The van der Waals surface area contributed by atoms with Crippen molar-refractivity contribution in [1.29, 1.82) is 0 Å². The maximum atomic E-state index is 17.6. The molecule has 0 unspecified atom stereocenters. The zero-order chi connectivity index (χ0) is 43.9. The molecule has 0 N–H and O–H groups in total. The molecule has 3 aromatic carbocycles. The third-order valence-electron chi connectivity index (χ3n) is 11.1. The molecule has 1 fully saturated rings. The van der Waals surface area contributed by atoms with Gasteiger partial charge in [0.05, 0.1) is 31.2 Å². The number of nitrogens with zero attached hydrogens (tertiary/aromatic N) is 5. The van der Waals surface area contributed by atoms with Gasteiger partial charge in [-0.25, -0.2) is 27.6 Å². The smallest absolute Gasteiger partial charge is 0.417 e. The predicted molar refractivity (Wildman–Crippen MR) is 221 cm³/mol. The van der Waals surface area contributed by atoms with E-state index in [4.69, 9.17) is 14.2 Å². The van der Waals surface area contributed by atoms with Gasteiger partial charge in [0.2, 0.25) is 15.0 Å². The van der Waals surface area contributed by atoms with Crippen LogP contribution in [0.15, 0.2) is 59.8 Å². The van der Waals surface area contributed by atoms with Crippen LogP contribution in [-0.2, 0) is 46.7 Å². The van der Waals surface area contributed by atoms with Gasteiger partial charge in [0.25, 0.3) is 0 Å².